The molecule has 0 bridgehead atoms. The fourth-order valence-electron chi connectivity index (χ4n) is 2.30. The van der Waals surface area contributed by atoms with E-state index in [1.807, 2.05) is 25.1 Å². The van der Waals surface area contributed by atoms with Crippen LogP contribution >= 0.6 is 11.6 Å². The molecule has 3 rings (SSSR count). The van der Waals surface area contributed by atoms with Gasteiger partial charge in [-0.1, -0.05) is 35.0 Å². The van der Waals surface area contributed by atoms with Crippen molar-refractivity contribution < 1.29 is 9.32 Å². The summed E-state index contributed by atoms with van der Waals surface area (Å²) in [6.07, 6.45) is 0. The molecule has 2 heterocycles. The second kappa shape index (κ2) is 6.34. The second-order valence-electron chi connectivity index (χ2n) is 5.06. The van der Waals surface area contributed by atoms with Crippen LogP contribution in [0.5, 0.6) is 0 Å². The van der Waals surface area contributed by atoms with E-state index in [1.54, 1.807) is 24.0 Å². The number of hydrogen-bond acceptors (Lipinski definition) is 5. The first kappa shape index (κ1) is 15.4. The molecule has 6 nitrogen and oxygen atoms in total. The maximum atomic E-state index is 12.7. The Kier molecular flexibility index (Phi) is 4.25. The van der Waals surface area contributed by atoms with E-state index in [0.717, 1.165) is 5.39 Å². The Morgan fingerprint density at radius 3 is 2.78 bits per heavy atom. The average molecular weight is 331 g/mol. The molecule has 1 amide bonds. The Morgan fingerprint density at radius 1 is 1.26 bits per heavy atom. The Morgan fingerprint density at radius 2 is 2.09 bits per heavy atom. The van der Waals surface area contributed by atoms with Crippen molar-refractivity contribution >= 4 is 28.4 Å². The molecular formula is C16H15ClN4O2. The lowest BCUT2D eigenvalue weighted by molar-refractivity contribution is 0.0742. The largest absolute Gasteiger partial charge is 0.340 e. The molecule has 0 spiro atoms. The Labute approximate surface area is 138 Å². The molecule has 0 unspecified atom stereocenters. The smallest absolute Gasteiger partial charge is 0.272 e. The molecule has 7 heteroatoms. The number of aromatic nitrogens is 3. The van der Waals surface area contributed by atoms with Gasteiger partial charge in [-0.05, 0) is 19.1 Å². The number of fused-ring (bicyclic) bond motifs is 1. The fraction of sp³-hybridized carbons (Fsp3) is 0.250. The highest BCUT2D eigenvalue weighted by molar-refractivity contribution is 6.35. The summed E-state index contributed by atoms with van der Waals surface area (Å²) in [6.45, 7) is 4.38. The topological polar surface area (TPSA) is 72.1 Å². The zero-order valence-corrected chi connectivity index (χ0v) is 13.5. The molecule has 0 aliphatic carbocycles. The van der Waals surface area contributed by atoms with Gasteiger partial charge < -0.3 is 9.42 Å². The van der Waals surface area contributed by atoms with Gasteiger partial charge in [-0.15, -0.1) is 0 Å². The number of halogens is 1. The maximum Gasteiger partial charge on any atom is 0.272 e. The highest BCUT2D eigenvalue weighted by Crippen LogP contribution is 2.22. The summed E-state index contributed by atoms with van der Waals surface area (Å²) in [6, 6.07) is 9.05. The number of aryl methyl sites for hydroxylation is 1. The molecule has 0 saturated heterocycles. The zero-order valence-electron chi connectivity index (χ0n) is 12.8. The van der Waals surface area contributed by atoms with Crippen molar-refractivity contribution in [2.75, 3.05) is 6.54 Å². The summed E-state index contributed by atoms with van der Waals surface area (Å²) >= 11 is 6.16. The number of nitrogens with zero attached hydrogens (tertiary/aromatic N) is 4. The van der Waals surface area contributed by atoms with E-state index in [9.17, 15) is 4.79 Å². The van der Waals surface area contributed by atoms with Crippen LogP contribution < -0.4 is 0 Å². The van der Waals surface area contributed by atoms with Crippen LogP contribution in [0.4, 0.5) is 0 Å². The van der Waals surface area contributed by atoms with Gasteiger partial charge in [0.2, 0.25) is 5.89 Å². The van der Waals surface area contributed by atoms with Crippen LogP contribution in [-0.4, -0.2) is 32.5 Å². The minimum absolute atomic E-state index is 0.197. The van der Waals surface area contributed by atoms with Crippen molar-refractivity contribution in [2.24, 2.45) is 0 Å². The van der Waals surface area contributed by atoms with Crippen LogP contribution in [0.2, 0.25) is 5.02 Å². The molecule has 0 saturated carbocycles. The first-order valence-electron chi connectivity index (χ1n) is 7.22. The lowest BCUT2D eigenvalue weighted by atomic mass is 10.2. The van der Waals surface area contributed by atoms with Crippen LogP contribution in [0.1, 0.15) is 29.1 Å². The van der Waals surface area contributed by atoms with Crippen molar-refractivity contribution in [1.29, 1.82) is 0 Å². The molecule has 0 radical (unpaired) electrons. The summed E-state index contributed by atoms with van der Waals surface area (Å²) in [5.41, 5.74) is 0.958. The highest BCUT2D eigenvalue weighted by atomic mass is 35.5. The fourth-order valence-corrected chi connectivity index (χ4v) is 2.52. The van der Waals surface area contributed by atoms with E-state index < -0.39 is 0 Å². The minimum Gasteiger partial charge on any atom is -0.340 e. The van der Waals surface area contributed by atoms with E-state index in [2.05, 4.69) is 15.1 Å². The van der Waals surface area contributed by atoms with Crippen molar-refractivity contribution in [1.82, 2.24) is 20.0 Å². The van der Waals surface area contributed by atoms with Gasteiger partial charge in [0.25, 0.3) is 5.91 Å². The predicted molar refractivity (Wildman–Crippen MR) is 86.2 cm³/mol. The van der Waals surface area contributed by atoms with Gasteiger partial charge in [0.1, 0.15) is 5.69 Å². The quantitative estimate of drug-likeness (QED) is 0.734. The molecule has 0 N–H and O–H groups in total. The van der Waals surface area contributed by atoms with Crippen LogP contribution in [0, 0.1) is 6.92 Å². The Balaban J connectivity index is 1.89. The zero-order chi connectivity index (χ0) is 16.4. The van der Waals surface area contributed by atoms with Gasteiger partial charge in [-0.2, -0.15) is 4.98 Å². The summed E-state index contributed by atoms with van der Waals surface area (Å²) in [7, 11) is 0. The summed E-state index contributed by atoms with van der Waals surface area (Å²) < 4.78 is 4.94. The molecule has 3 aromatic rings. The molecule has 0 aliphatic heterocycles. The van der Waals surface area contributed by atoms with Gasteiger partial charge in [-0.25, -0.2) is 4.98 Å². The molecule has 23 heavy (non-hydrogen) atoms. The van der Waals surface area contributed by atoms with Crippen LogP contribution in [0.15, 0.2) is 34.9 Å². The monoisotopic (exact) mass is 330 g/mol. The molecule has 0 aliphatic rings. The molecule has 1 aromatic carbocycles. The van der Waals surface area contributed by atoms with E-state index in [-0.39, 0.29) is 12.5 Å². The number of carbonyl (C=O) groups is 1. The molecular weight excluding hydrogens is 316 g/mol. The summed E-state index contributed by atoms with van der Waals surface area (Å²) in [4.78, 5) is 22.8. The van der Waals surface area contributed by atoms with Gasteiger partial charge in [0.05, 0.1) is 17.1 Å². The number of pyridine rings is 1. The first-order chi connectivity index (χ1) is 11.1. The van der Waals surface area contributed by atoms with E-state index >= 15 is 0 Å². The van der Waals surface area contributed by atoms with Crippen LogP contribution in [0.25, 0.3) is 10.9 Å². The van der Waals surface area contributed by atoms with Crippen LogP contribution in [0.3, 0.4) is 0 Å². The number of amides is 1. The molecule has 118 valence electrons. The SMILES string of the molecule is CCN(Cc1noc(C)n1)C(=O)c1ccc2cccc(Cl)c2n1. The second-order valence-corrected chi connectivity index (χ2v) is 5.46. The predicted octanol–water partition coefficient (Wildman–Crippen LogP) is 3.24. The van der Waals surface area contributed by atoms with E-state index in [4.69, 9.17) is 16.1 Å². The third-order valence-electron chi connectivity index (χ3n) is 3.46. The number of carbonyl (C=O) groups excluding carboxylic acids is 1. The van der Waals surface area contributed by atoms with Gasteiger partial charge in [0.15, 0.2) is 5.82 Å². The third-order valence-corrected chi connectivity index (χ3v) is 3.77. The van der Waals surface area contributed by atoms with Gasteiger partial charge in [0, 0.05) is 18.9 Å². The number of benzene rings is 1. The van der Waals surface area contributed by atoms with Crippen molar-refractivity contribution in [2.45, 2.75) is 20.4 Å². The van der Waals surface area contributed by atoms with Crippen molar-refractivity contribution in [3.63, 3.8) is 0 Å². The average Bonchev–Trinajstić information content (AvgIpc) is 2.97. The van der Waals surface area contributed by atoms with Gasteiger partial charge >= 0.3 is 0 Å². The number of rotatable bonds is 4. The number of hydrogen-bond donors (Lipinski definition) is 0. The first-order valence-corrected chi connectivity index (χ1v) is 7.60. The molecule has 2 aromatic heterocycles. The summed E-state index contributed by atoms with van der Waals surface area (Å²) in [5.74, 6) is 0.743. The standard InChI is InChI=1S/C16H15ClN4O2/c1-3-21(9-14-18-10(2)23-20-14)16(22)13-8-7-11-5-4-6-12(17)15(11)19-13/h4-8H,3,9H2,1-2H3. The van der Waals surface area contributed by atoms with E-state index in [0.29, 0.717) is 34.5 Å². The summed E-state index contributed by atoms with van der Waals surface area (Å²) in [5, 5.41) is 5.24. The Bertz CT molecular complexity index is 862. The van der Waals surface area contributed by atoms with Crippen LogP contribution in [-0.2, 0) is 6.54 Å². The lowest BCUT2D eigenvalue weighted by Crippen LogP contribution is -2.31. The van der Waals surface area contributed by atoms with E-state index in [1.165, 1.54) is 0 Å². The molecule has 0 atom stereocenters. The molecule has 0 fully saturated rings. The third kappa shape index (κ3) is 3.17. The lowest BCUT2D eigenvalue weighted by Gasteiger charge is -2.18. The normalized spacial score (nSPS) is 10.9. The van der Waals surface area contributed by atoms with Crippen molar-refractivity contribution in [3.8, 4) is 0 Å². The maximum absolute atomic E-state index is 12.7. The van der Waals surface area contributed by atoms with Crippen molar-refractivity contribution in [3.05, 3.63) is 52.8 Å². The minimum atomic E-state index is -0.197. The highest BCUT2D eigenvalue weighted by Gasteiger charge is 2.19. The van der Waals surface area contributed by atoms with Gasteiger partial charge in [-0.3, -0.25) is 4.79 Å². The Hall–Kier alpha value is -2.47. The number of para-hydroxylation sites is 1.